The van der Waals surface area contributed by atoms with E-state index in [9.17, 15) is 14.4 Å². The number of nitrogens with zero attached hydrogens (tertiary/aromatic N) is 2. The van der Waals surface area contributed by atoms with Crippen molar-refractivity contribution in [3.63, 3.8) is 0 Å². The number of imidazole rings is 1. The van der Waals surface area contributed by atoms with Crippen LogP contribution >= 0.6 is 0 Å². The van der Waals surface area contributed by atoms with E-state index in [1.807, 2.05) is 28.8 Å². The van der Waals surface area contributed by atoms with Crippen LogP contribution < -0.4 is 10.6 Å². The molecule has 3 aromatic rings. The highest BCUT2D eigenvalue weighted by Crippen LogP contribution is 2.18. The number of carbonyl (C=O) groups is 3. The Hall–Kier alpha value is -3.68. The predicted molar refractivity (Wildman–Crippen MR) is 108 cm³/mol. The number of esters is 1. The van der Waals surface area contributed by atoms with Gasteiger partial charge in [-0.2, -0.15) is 0 Å². The van der Waals surface area contributed by atoms with Crippen molar-refractivity contribution in [2.75, 3.05) is 13.2 Å². The second-order valence-corrected chi connectivity index (χ2v) is 6.41. The summed E-state index contributed by atoms with van der Waals surface area (Å²) in [6, 6.07) is 13.9. The number of ether oxygens (including phenoxy) is 1. The van der Waals surface area contributed by atoms with Crippen LogP contribution in [0.15, 0.2) is 54.9 Å². The van der Waals surface area contributed by atoms with Gasteiger partial charge in [0.15, 0.2) is 6.61 Å². The molecule has 8 nitrogen and oxygen atoms in total. The summed E-state index contributed by atoms with van der Waals surface area (Å²) in [7, 11) is 0. The molecule has 0 aliphatic carbocycles. The van der Waals surface area contributed by atoms with Crippen molar-refractivity contribution in [1.29, 1.82) is 0 Å². The minimum Gasteiger partial charge on any atom is -0.452 e. The Morgan fingerprint density at radius 3 is 2.55 bits per heavy atom. The largest absolute Gasteiger partial charge is 0.452 e. The van der Waals surface area contributed by atoms with Crippen molar-refractivity contribution in [2.45, 2.75) is 19.9 Å². The highest BCUT2D eigenvalue weighted by atomic mass is 16.5. The van der Waals surface area contributed by atoms with Crippen molar-refractivity contribution in [3.8, 4) is 5.69 Å². The molecule has 0 aliphatic rings. The Bertz CT molecular complexity index is 1030. The van der Waals surface area contributed by atoms with Gasteiger partial charge in [-0.25, -0.2) is 9.78 Å². The fraction of sp³-hybridized carbons (Fsp3) is 0.238. The smallest absolute Gasteiger partial charge is 0.338 e. The molecule has 0 spiro atoms. The Labute approximate surface area is 167 Å². The number of likely N-dealkylation sites (N-methyl/N-ethyl adjacent to an activating group) is 1. The average Bonchev–Trinajstić information content (AvgIpc) is 3.16. The van der Waals surface area contributed by atoms with Crippen molar-refractivity contribution >= 4 is 28.8 Å². The molecule has 1 heterocycles. The number of para-hydroxylation sites is 2. The molecule has 1 atom stereocenters. The number of hydrogen-bond donors (Lipinski definition) is 2. The molecule has 0 aliphatic heterocycles. The Kier molecular flexibility index (Phi) is 6.23. The van der Waals surface area contributed by atoms with Crippen molar-refractivity contribution in [2.24, 2.45) is 0 Å². The molecule has 0 radical (unpaired) electrons. The zero-order valence-electron chi connectivity index (χ0n) is 16.2. The SMILES string of the molecule is CCNC(=O)[C@@H](C)NC(=O)COC(=O)c1ccc(-n2cnc3ccccc32)cc1. The number of rotatable bonds is 7. The standard InChI is InChI=1S/C21H22N4O4/c1-3-22-20(27)14(2)24-19(26)12-29-21(28)15-8-10-16(11-9-15)25-13-23-17-6-4-5-7-18(17)25/h4-11,13-14H,3,12H2,1-2H3,(H,22,27)(H,24,26)/t14-/m1/s1. The van der Waals surface area contributed by atoms with Crippen molar-refractivity contribution < 1.29 is 19.1 Å². The minimum atomic E-state index is -0.703. The first-order valence-corrected chi connectivity index (χ1v) is 9.26. The molecular weight excluding hydrogens is 372 g/mol. The van der Waals surface area contributed by atoms with E-state index in [1.165, 1.54) is 0 Å². The fourth-order valence-electron chi connectivity index (χ4n) is 2.81. The van der Waals surface area contributed by atoms with Crippen molar-refractivity contribution in [3.05, 3.63) is 60.4 Å². The molecule has 0 fully saturated rings. The zero-order chi connectivity index (χ0) is 20.8. The lowest BCUT2D eigenvalue weighted by Crippen LogP contribution is -2.46. The summed E-state index contributed by atoms with van der Waals surface area (Å²) in [5, 5.41) is 5.08. The maximum atomic E-state index is 12.2. The van der Waals surface area contributed by atoms with Gasteiger partial charge < -0.3 is 15.4 Å². The molecule has 1 aromatic heterocycles. The lowest BCUT2D eigenvalue weighted by Gasteiger charge is -2.13. The van der Waals surface area contributed by atoms with Gasteiger partial charge in [-0.05, 0) is 50.2 Å². The first-order valence-electron chi connectivity index (χ1n) is 9.26. The zero-order valence-corrected chi connectivity index (χ0v) is 16.2. The van der Waals surface area contributed by atoms with Gasteiger partial charge in [0, 0.05) is 12.2 Å². The van der Waals surface area contributed by atoms with E-state index in [0.717, 1.165) is 16.7 Å². The van der Waals surface area contributed by atoms with Crippen LogP contribution in [0.2, 0.25) is 0 Å². The number of fused-ring (bicyclic) bond motifs is 1. The predicted octanol–water partition coefficient (Wildman–Crippen LogP) is 1.82. The van der Waals surface area contributed by atoms with Gasteiger partial charge in [0.2, 0.25) is 5.91 Å². The third-order valence-corrected chi connectivity index (χ3v) is 4.29. The summed E-state index contributed by atoms with van der Waals surface area (Å²) in [5.41, 5.74) is 3.01. The topological polar surface area (TPSA) is 102 Å². The minimum absolute atomic E-state index is 0.296. The van der Waals surface area contributed by atoms with Gasteiger partial charge in [-0.15, -0.1) is 0 Å². The summed E-state index contributed by atoms with van der Waals surface area (Å²) in [6.45, 7) is 3.35. The second kappa shape index (κ2) is 9.01. The third kappa shape index (κ3) is 4.78. The van der Waals surface area contributed by atoms with Crippen LogP contribution in [0.4, 0.5) is 0 Å². The highest BCUT2D eigenvalue weighted by molar-refractivity contribution is 5.92. The Morgan fingerprint density at radius 2 is 1.83 bits per heavy atom. The van der Waals surface area contributed by atoms with Gasteiger partial charge in [-0.3, -0.25) is 14.2 Å². The fourth-order valence-corrected chi connectivity index (χ4v) is 2.81. The van der Waals surface area contributed by atoms with Gasteiger partial charge in [0.1, 0.15) is 12.4 Å². The summed E-state index contributed by atoms with van der Waals surface area (Å²) in [6.07, 6.45) is 1.72. The number of benzene rings is 2. The molecule has 0 unspecified atom stereocenters. The number of hydrogen-bond acceptors (Lipinski definition) is 5. The Morgan fingerprint density at radius 1 is 1.10 bits per heavy atom. The molecule has 8 heteroatoms. The van der Waals surface area contributed by atoms with Crippen LogP contribution in [0.25, 0.3) is 16.7 Å². The molecule has 0 bridgehead atoms. The number of nitrogens with one attached hydrogen (secondary N) is 2. The number of carbonyl (C=O) groups excluding carboxylic acids is 3. The molecule has 0 saturated heterocycles. The van der Waals surface area contributed by atoms with Gasteiger partial charge in [0.25, 0.3) is 5.91 Å². The first-order chi connectivity index (χ1) is 14.0. The van der Waals surface area contributed by atoms with Crippen LogP contribution in [-0.2, 0) is 14.3 Å². The molecule has 150 valence electrons. The van der Waals surface area contributed by atoms with E-state index < -0.39 is 24.5 Å². The second-order valence-electron chi connectivity index (χ2n) is 6.41. The molecular formula is C21H22N4O4. The lowest BCUT2D eigenvalue weighted by molar-refractivity contribution is -0.130. The maximum absolute atomic E-state index is 12.2. The van der Waals surface area contributed by atoms with Crippen LogP contribution in [0, 0.1) is 0 Å². The van der Waals surface area contributed by atoms with Crippen LogP contribution in [0.3, 0.4) is 0 Å². The van der Waals surface area contributed by atoms with Crippen LogP contribution in [0.5, 0.6) is 0 Å². The molecule has 0 saturated carbocycles. The van der Waals surface area contributed by atoms with Crippen LogP contribution in [0.1, 0.15) is 24.2 Å². The molecule has 2 N–H and O–H groups in total. The number of amides is 2. The van der Waals surface area contributed by atoms with Gasteiger partial charge in [-0.1, -0.05) is 12.1 Å². The van der Waals surface area contributed by atoms with E-state index in [0.29, 0.717) is 12.1 Å². The average molecular weight is 394 g/mol. The quantitative estimate of drug-likeness (QED) is 0.595. The van der Waals surface area contributed by atoms with Crippen molar-refractivity contribution in [1.82, 2.24) is 20.2 Å². The molecule has 2 amide bonds. The summed E-state index contributed by atoms with van der Waals surface area (Å²) < 4.78 is 6.95. The van der Waals surface area contributed by atoms with Crippen LogP contribution in [-0.4, -0.2) is 46.5 Å². The normalized spacial score (nSPS) is 11.7. The highest BCUT2D eigenvalue weighted by Gasteiger charge is 2.16. The number of aromatic nitrogens is 2. The monoisotopic (exact) mass is 394 g/mol. The molecule has 3 rings (SSSR count). The maximum Gasteiger partial charge on any atom is 0.338 e. The van der Waals surface area contributed by atoms with E-state index in [4.69, 9.17) is 4.74 Å². The summed E-state index contributed by atoms with van der Waals surface area (Å²) in [4.78, 5) is 40.0. The molecule has 2 aromatic carbocycles. The Balaban J connectivity index is 1.58. The van der Waals surface area contributed by atoms with E-state index in [-0.39, 0.29) is 5.91 Å². The first kappa shape index (κ1) is 20.1. The third-order valence-electron chi connectivity index (χ3n) is 4.29. The van der Waals surface area contributed by atoms with E-state index in [1.54, 1.807) is 44.4 Å². The lowest BCUT2D eigenvalue weighted by atomic mass is 10.2. The van der Waals surface area contributed by atoms with E-state index in [2.05, 4.69) is 15.6 Å². The van der Waals surface area contributed by atoms with E-state index >= 15 is 0 Å². The summed E-state index contributed by atoms with van der Waals surface area (Å²) in [5.74, 6) is -1.46. The molecule has 29 heavy (non-hydrogen) atoms. The van der Waals surface area contributed by atoms with Gasteiger partial charge in [0.05, 0.1) is 16.6 Å². The van der Waals surface area contributed by atoms with Gasteiger partial charge >= 0.3 is 5.97 Å². The summed E-state index contributed by atoms with van der Waals surface area (Å²) >= 11 is 0.